The van der Waals surface area contributed by atoms with Crippen LogP contribution in [0, 0.1) is 0 Å². The topological polar surface area (TPSA) is 84.2 Å². The molecule has 1 rings (SSSR count). The number of amides is 3. The molecule has 1 saturated heterocycles. The lowest BCUT2D eigenvalue weighted by molar-refractivity contribution is -0.119. The van der Waals surface area contributed by atoms with Crippen LogP contribution >= 0.6 is 0 Å². The fourth-order valence-corrected chi connectivity index (χ4v) is 0.625. The van der Waals surface area contributed by atoms with Gasteiger partial charge in [0.1, 0.15) is 6.04 Å². The number of nitrogens with one attached hydrogen (secondary N) is 2. The van der Waals surface area contributed by atoms with Crippen LogP contribution in [0.1, 0.15) is 0 Å². The highest BCUT2D eigenvalue weighted by Gasteiger charge is 2.27. The quantitative estimate of drug-likeness (QED) is 0.363. The molecule has 1 fully saturated rings. The first kappa shape index (κ1) is 6.03. The maximum Gasteiger partial charge on any atom is 0.322 e. The van der Waals surface area contributed by atoms with Crippen LogP contribution in [0.4, 0.5) is 4.79 Å². The van der Waals surface area contributed by atoms with Crippen molar-refractivity contribution in [2.24, 2.45) is 5.73 Å². The van der Waals surface area contributed by atoms with Crippen LogP contribution in [0.25, 0.3) is 0 Å². The lowest BCUT2D eigenvalue weighted by Gasteiger charge is -1.98. The monoisotopic (exact) mass is 129 g/mol. The van der Waals surface area contributed by atoms with Crippen LogP contribution in [-0.4, -0.2) is 24.5 Å². The summed E-state index contributed by atoms with van der Waals surface area (Å²) in [7, 11) is 0. The van der Waals surface area contributed by atoms with E-state index in [1.54, 1.807) is 0 Å². The summed E-state index contributed by atoms with van der Waals surface area (Å²) in [6.45, 7) is 0.150. The zero-order valence-corrected chi connectivity index (χ0v) is 4.68. The van der Waals surface area contributed by atoms with E-state index < -0.39 is 12.1 Å². The first-order chi connectivity index (χ1) is 4.24. The molecule has 0 saturated carbocycles. The van der Waals surface area contributed by atoms with Crippen molar-refractivity contribution in [3.05, 3.63) is 0 Å². The molecule has 0 aromatic carbocycles. The zero-order valence-electron chi connectivity index (χ0n) is 4.68. The fraction of sp³-hybridized carbons (Fsp3) is 0.500. The molecule has 1 aliphatic rings. The van der Waals surface area contributed by atoms with E-state index in [1.807, 2.05) is 5.32 Å². The van der Waals surface area contributed by atoms with Gasteiger partial charge in [-0.1, -0.05) is 0 Å². The van der Waals surface area contributed by atoms with Crippen LogP contribution in [0.2, 0.25) is 0 Å². The molecule has 4 N–H and O–H groups in total. The summed E-state index contributed by atoms with van der Waals surface area (Å²) in [5.74, 6) is -0.345. The van der Waals surface area contributed by atoms with Gasteiger partial charge >= 0.3 is 6.03 Å². The Bertz CT molecular complexity index is 156. The Labute approximate surface area is 51.6 Å². The molecule has 5 nitrogen and oxygen atoms in total. The Kier molecular flexibility index (Phi) is 1.35. The third-order valence-corrected chi connectivity index (χ3v) is 1.09. The second-order valence-electron chi connectivity index (χ2n) is 1.75. The fourth-order valence-electron chi connectivity index (χ4n) is 0.625. The third-order valence-electron chi connectivity index (χ3n) is 1.09. The highest BCUT2D eigenvalue weighted by atomic mass is 16.2. The molecule has 50 valence electrons. The van der Waals surface area contributed by atoms with Gasteiger partial charge in [0.05, 0.1) is 0 Å². The van der Waals surface area contributed by atoms with Gasteiger partial charge in [0.25, 0.3) is 5.91 Å². The van der Waals surface area contributed by atoms with Gasteiger partial charge in [-0.15, -0.1) is 0 Å². The van der Waals surface area contributed by atoms with Crippen molar-refractivity contribution in [2.45, 2.75) is 6.04 Å². The number of hydrogen-bond donors (Lipinski definition) is 3. The number of rotatable bonds is 1. The lowest BCUT2D eigenvalue weighted by atomic mass is 10.3. The van der Waals surface area contributed by atoms with Gasteiger partial charge in [0.2, 0.25) is 0 Å². The Morgan fingerprint density at radius 3 is 2.44 bits per heavy atom. The van der Waals surface area contributed by atoms with Gasteiger partial charge in [-0.3, -0.25) is 10.1 Å². The normalized spacial score (nSPS) is 25.7. The van der Waals surface area contributed by atoms with E-state index in [1.165, 1.54) is 0 Å². The molecule has 0 aliphatic carbocycles. The highest BCUT2D eigenvalue weighted by molar-refractivity contribution is 6.04. The maximum atomic E-state index is 10.5. The van der Waals surface area contributed by atoms with E-state index in [0.29, 0.717) is 0 Å². The minimum Gasteiger partial charge on any atom is -0.328 e. The molecule has 1 aliphatic heterocycles. The van der Waals surface area contributed by atoms with Gasteiger partial charge in [0.15, 0.2) is 0 Å². The van der Waals surface area contributed by atoms with E-state index in [9.17, 15) is 9.59 Å². The van der Waals surface area contributed by atoms with Crippen molar-refractivity contribution < 1.29 is 9.59 Å². The average molecular weight is 129 g/mol. The molecular weight excluding hydrogens is 122 g/mol. The molecule has 0 bridgehead atoms. The van der Waals surface area contributed by atoms with Crippen molar-refractivity contribution in [2.75, 3.05) is 6.54 Å². The Morgan fingerprint density at radius 1 is 1.56 bits per heavy atom. The van der Waals surface area contributed by atoms with Crippen molar-refractivity contribution in [3.8, 4) is 0 Å². The molecule has 0 spiro atoms. The molecular formula is C4H7N3O2. The largest absolute Gasteiger partial charge is 0.328 e. The molecule has 0 radical (unpaired) electrons. The Balaban J connectivity index is 2.58. The van der Waals surface area contributed by atoms with Crippen LogP contribution < -0.4 is 16.4 Å². The summed E-state index contributed by atoms with van der Waals surface area (Å²) in [4.78, 5) is 20.9. The van der Waals surface area contributed by atoms with Crippen LogP contribution in [0.15, 0.2) is 0 Å². The minimum atomic E-state index is -0.530. The van der Waals surface area contributed by atoms with Crippen molar-refractivity contribution in [1.29, 1.82) is 0 Å². The summed E-state index contributed by atoms with van der Waals surface area (Å²) in [5.41, 5.74) is 5.11. The van der Waals surface area contributed by atoms with E-state index in [4.69, 9.17) is 5.73 Å². The predicted octanol–water partition coefficient (Wildman–Crippen LogP) is -1.85. The number of nitrogens with two attached hydrogens (primary N) is 1. The molecule has 0 aromatic rings. The molecule has 5 heteroatoms. The smallest absolute Gasteiger partial charge is 0.322 e. The van der Waals surface area contributed by atoms with Crippen LogP contribution in [0.3, 0.4) is 0 Å². The van der Waals surface area contributed by atoms with E-state index in [0.717, 1.165) is 0 Å². The predicted molar refractivity (Wildman–Crippen MR) is 29.5 cm³/mol. The summed E-state index contributed by atoms with van der Waals surface area (Å²) in [5, 5.41) is 4.38. The number of hydrogen-bond acceptors (Lipinski definition) is 3. The average Bonchev–Trinajstić information content (AvgIpc) is 2.10. The number of urea groups is 1. The van der Waals surface area contributed by atoms with E-state index in [-0.39, 0.29) is 12.5 Å². The van der Waals surface area contributed by atoms with Crippen LogP contribution in [-0.2, 0) is 4.79 Å². The lowest BCUT2D eigenvalue weighted by Crippen LogP contribution is -2.36. The van der Waals surface area contributed by atoms with Gasteiger partial charge in [-0.2, -0.15) is 0 Å². The summed E-state index contributed by atoms with van der Waals surface area (Å²) < 4.78 is 0. The first-order valence-electron chi connectivity index (χ1n) is 2.55. The maximum absolute atomic E-state index is 10.5. The van der Waals surface area contributed by atoms with E-state index in [2.05, 4.69) is 5.32 Å². The minimum absolute atomic E-state index is 0.150. The third kappa shape index (κ3) is 0.996. The van der Waals surface area contributed by atoms with E-state index >= 15 is 0 Å². The summed E-state index contributed by atoms with van der Waals surface area (Å²) in [6.07, 6.45) is 0. The first-order valence-corrected chi connectivity index (χ1v) is 2.55. The second-order valence-corrected chi connectivity index (χ2v) is 1.75. The van der Waals surface area contributed by atoms with Gasteiger partial charge in [-0.05, 0) is 0 Å². The second kappa shape index (κ2) is 2.02. The van der Waals surface area contributed by atoms with Crippen LogP contribution in [0.5, 0.6) is 0 Å². The molecule has 3 amide bonds. The van der Waals surface area contributed by atoms with Gasteiger partial charge in [-0.25, -0.2) is 4.79 Å². The number of carbonyl (C=O) groups is 2. The standard InChI is InChI=1S/C4H7N3O2/c5-1-2-3(8)7-4(9)6-2/h2H,1,5H2,(H2,6,7,8,9). The highest BCUT2D eigenvalue weighted by Crippen LogP contribution is 1.88. The molecule has 1 atom stereocenters. The Hall–Kier alpha value is -1.10. The van der Waals surface area contributed by atoms with Crippen molar-refractivity contribution in [1.82, 2.24) is 10.6 Å². The molecule has 1 unspecified atom stereocenters. The number of imide groups is 1. The summed E-state index contributed by atoms with van der Waals surface area (Å²) >= 11 is 0. The molecule has 1 heterocycles. The molecule has 9 heavy (non-hydrogen) atoms. The molecule has 0 aromatic heterocycles. The SMILES string of the molecule is NCC1NC(=O)NC1=O. The van der Waals surface area contributed by atoms with Gasteiger partial charge in [0, 0.05) is 6.54 Å². The zero-order chi connectivity index (χ0) is 6.85. The van der Waals surface area contributed by atoms with Crippen molar-refractivity contribution >= 4 is 11.9 Å². The van der Waals surface area contributed by atoms with Crippen molar-refractivity contribution in [3.63, 3.8) is 0 Å². The Morgan fingerprint density at radius 2 is 2.22 bits per heavy atom. The van der Waals surface area contributed by atoms with Gasteiger partial charge < -0.3 is 11.1 Å². The number of carbonyl (C=O) groups excluding carboxylic acids is 2. The summed E-state index contributed by atoms with van der Waals surface area (Å²) in [6, 6.07) is -0.993.